The highest BCUT2D eigenvalue weighted by Gasteiger charge is 2.29. The second-order valence-corrected chi connectivity index (χ2v) is 5.91. The average molecular weight is 311 g/mol. The normalized spacial score (nSPS) is 21.0. The predicted octanol–water partition coefficient (Wildman–Crippen LogP) is 0.105. The Bertz CT molecular complexity index is 491. The molecule has 8 heteroatoms. The lowest BCUT2D eigenvalue weighted by Gasteiger charge is -2.30. The molecule has 0 spiro atoms. The van der Waals surface area contributed by atoms with Gasteiger partial charge in [0.2, 0.25) is 11.8 Å². The third-order valence-electron chi connectivity index (χ3n) is 3.79. The lowest BCUT2D eigenvalue weighted by molar-refractivity contribution is -0.126. The fraction of sp³-hybridized carbons (Fsp3) is 0.786. The molecule has 0 aliphatic carbocycles. The van der Waals surface area contributed by atoms with Crippen LogP contribution in [0.5, 0.6) is 0 Å². The number of piperazine rings is 1. The Morgan fingerprint density at radius 2 is 2.36 bits per heavy atom. The van der Waals surface area contributed by atoms with Crippen molar-refractivity contribution in [3.8, 4) is 0 Å². The topological polar surface area (TPSA) is 92.5 Å². The summed E-state index contributed by atoms with van der Waals surface area (Å²) in [4.78, 5) is 18.4. The van der Waals surface area contributed by atoms with E-state index in [-0.39, 0.29) is 30.5 Å². The van der Waals surface area contributed by atoms with Crippen LogP contribution >= 0.6 is 0 Å². The van der Waals surface area contributed by atoms with E-state index < -0.39 is 0 Å². The quantitative estimate of drug-likeness (QED) is 0.770. The molecular formula is C14H25N5O3. The largest absolute Gasteiger partial charge is 0.375 e. The van der Waals surface area contributed by atoms with Gasteiger partial charge < -0.3 is 19.9 Å². The Hall–Kier alpha value is -1.51. The molecule has 1 unspecified atom stereocenters. The van der Waals surface area contributed by atoms with Gasteiger partial charge in [-0.05, 0) is 13.0 Å². The van der Waals surface area contributed by atoms with E-state index in [0.717, 1.165) is 19.6 Å². The minimum Gasteiger partial charge on any atom is -0.375 e. The molecule has 1 aliphatic rings. The highest BCUT2D eigenvalue weighted by molar-refractivity contribution is 5.77. The van der Waals surface area contributed by atoms with E-state index in [9.17, 15) is 4.79 Å². The maximum Gasteiger partial charge on any atom is 0.249 e. The third-order valence-corrected chi connectivity index (χ3v) is 3.79. The molecule has 1 fully saturated rings. The number of carbonyl (C=O) groups is 1. The molecule has 1 aliphatic heterocycles. The molecule has 2 heterocycles. The number of carbonyl (C=O) groups excluding carboxylic acids is 1. The number of amides is 1. The number of methoxy groups -OCH3 is 1. The highest BCUT2D eigenvalue weighted by Crippen LogP contribution is 2.23. The van der Waals surface area contributed by atoms with Crippen LogP contribution in [0.2, 0.25) is 0 Å². The molecule has 2 rings (SSSR count). The number of rotatable bonds is 6. The van der Waals surface area contributed by atoms with Crippen LogP contribution in [0.3, 0.4) is 0 Å². The van der Waals surface area contributed by atoms with Crippen molar-refractivity contribution in [3.63, 3.8) is 0 Å². The van der Waals surface area contributed by atoms with E-state index in [1.54, 1.807) is 0 Å². The fourth-order valence-corrected chi connectivity index (χ4v) is 2.46. The van der Waals surface area contributed by atoms with Gasteiger partial charge in [0.05, 0.1) is 6.04 Å². The van der Waals surface area contributed by atoms with E-state index >= 15 is 0 Å². The van der Waals surface area contributed by atoms with Crippen molar-refractivity contribution in [1.82, 2.24) is 25.7 Å². The van der Waals surface area contributed by atoms with E-state index in [1.165, 1.54) is 7.11 Å². The monoisotopic (exact) mass is 311 g/mol. The van der Waals surface area contributed by atoms with Crippen molar-refractivity contribution < 1.29 is 14.1 Å². The number of hydrogen-bond donors (Lipinski definition) is 2. The summed E-state index contributed by atoms with van der Waals surface area (Å²) in [5, 5.41) is 10.3. The SMILES string of the molecule is COCC(=O)N[C@H](c1nc(C2CNCCN2C)no1)C(C)C. The van der Waals surface area contributed by atoms with Crippen LogP contribution < -0.4 is 10.6 Å². The van der Waals surface area contributed by atoms with Crippen LogP contribution in [0.15, 0.2) is 4.52 Å². The highest BCUT2D eigenvalue weighted by atomic mass is 16.5. The molecular weight excluding hydrogens is 286 g/mol. The summed E-state index contributed by atoms with van der Waals surface area (Å²) in [7, 11) is 3.53. The molecule has 22 heavy (non-hydrogen) atoms. The number of aromatic nitrogens is 2. The van der Waals surface area contributed by atoms with Crippen molar-refractivity contribution in [1.29, 1.82) is 0 Å². The molecule has 0 radical (unpaired) electrons. The lowest BCUT2D eigenvalue weighted by atomic mass is 10.0. The van der Waals surface area contributed by atoms with Gasteiger partial charge in [0.1, 0.15) is 12.6 Å². The van der Waals surface area contributed by atoms with Crippen molar-refractivity contribution in [2.24, 2.45) is 5.92 Å². The Kier molecular flexibility index (Phi) is 5.87. The zero-order chi connectivity index (χ0) is 16.1. The molecule has 2 atom stereocenters. The molecule has 1 aromatic rings. The van der Waals surface area contributed by atoms with Crippen molar-refractivity contribution in [2.45, 2.75) is 25.9 Å². The molecule has 124 valence electrons. The van der Waals surface area contributed by atoms with Gasteiger partial charge in [0.25, 0.3) is 0 Å². The summed E-state index contributed by atoms with van der Waals surface area (Å²) in [5.74, 6) is 1.03. The second kappa shape index (κ2) is 7.66. The summed E-state index contributed by atoms with van der Waals surface area (Å²) >= 11 is 0. The summed E-state index contributed by atoms with van der Waals surface area (Å²) in [5.41, 5.74) is 0. The van der Waals surface area contributed by atoms with Crippen molar-refractivity contribution in [3.05, 3.63) is 11.7 Å². The molecule has 0 bridgehead atoms. The van der Waals surface area contributed by atoms with Crippen LogP contribution in [0.1, 0.15) is 37.6 Å². The van der Waals surface area contributed by atoms with Crippen molar-refractivity contribution >= 4 is 5.91 Å². The standard InChI is InChI=1S/C14H25N5O3/c1-9(2)12(16-11(20)8-21-4)14-17-13(18-22-14)10-7-15-5-6-19(10)3/h9-10,12,15H,5-8H2,1-4H3,(H,16,20)/t10?,12-/m0/s1. The van der Waals surface area contributed by atoms with Gasteiger partial charge >= 0.3 is 0 Å². The second-order valence-electron chi connectivity index (χ2n) is 5.91. The Morgan fingerprint density at radius 3 is 3.00 bits per heavy atom. The van der Waals surface area contributed by atoms with Gasteiger partial charge in [-0.15, -0.1) is 0 Å². The maximum absolute atomic E-state index is 11.7. The van der Waals surface area contributed by atoms with Crippen LogP contribution in [0.25, 0.3) is 0 Å². The first-order valence-corrected chi connectivity index (χ1v) is 7.55. The zero-order valence-corrected chi connectivity index (χ0v) is 13.6. The Morgan fingerprint density at radius 1 is 1.59 bits per heavy atom. The van der Waals surface area contributed by atoms with Crippen molar-refractivity contribution in [2.75, 3.05) is 40.4 Å². The summed E-state index contributed by atoms with van der Waals surface area (Å²) in [6.45, 7) is 6.69. The lowest BCUT2D eigenvalue weighted by Crippen LogP contribution is -2.44. The summed E-state index contributed by atoms with van der Waals surface area (Å²) < 4.78 is 10.2. The van der Waals surface area contributed by atoms with Crippen LogP contribution in [0.4, 0.5) is 0 Å². The number of likely N-dealkylation sites (N-methyl/N-ethyl adjacent to an activating group) is 1. The van der Waals surface area contributed by atoms with Gasteiger partial charge in [-0.1, -0.05) is 19.0 Å². The molecule has 8 nitrogen and oxygen atoms in total. The first kappa shape index (κ1) is 16.9. The minimum absolute atomic E-state index is 0.0134. The first-order valence-electron chi connectivity index (χ1n) is 7.55. The maximum atomic E-state index is 11.7. The molecule has 1 aromatic heterocycles. The molecule has 1 saturated heterocycles. The zero-order valence-electron chi connectivity index (χ0n) is 13.6. The van der Waals surface area contributed by atoms with Gasteiger partial charge in [0.15, 0.2) is 5.82 Å². The van der Waals surface area contributed by atoms with Gasteiger partial charge in [0, 0.05) is 26.7 Å². The van der Waals surface area contributed by atoms with Crippen LogP contribution in [-0.2, 0) is 9.53 Å². The summed E-state index contributed by atoms with van der Waals surface area (Å²) in [6.07, 6.45) is 0. The van der Waals surface area contributed by atoms with E-state index in [0.29, 0.717) is 11.7 Å². The molecule has 0 saturated carbocycles. The number of ether oxygens (including phenoxy) is 1. The van der Waals surface area contributed by atoms with E-state index in [2.05, 4.69) is 25.7 Å². The number of nitrogens with zero attached hydrogens (tertiary/aromatic N) is 3. The van der Waals surface area contributed by atoms with Crippen LogP contribution in [0, 0.1) is 5.92 Å². The van der Waals surface area contributed by atoms with E-state index in [4.69, 9.17) is 9.26 Å². The van der Waals surface area contributed by atoms with E-state index in [1.807, 2.05) is 20.9 Å². The number of nitrogens with one attached hydrogen (secondary N) is 2. The average Bonchev–Trinajstić information content (AvgIpc) is 2.94. The van der Waals surface area contributed by atoms with Gasteiger partial charge in [-0.2, -0.15) is 4.98 Å². The molecule has 1 amide bonds. The van der Waals surface area contributed by atoms with Gasteiger partial charge in [-0.3, -0.25) is 9.69 Å². The Labute approximate surface area is 130 Å². The molecule has 2 N–H and O–H groups in total. The molecule has 0 aromatic carbocycles. The fourth-order valence-electron chi connectivity index (χ4n) is 2.46. The number of hydrogen-bond acceptors (Lipinski definition) is 7. The third kappa shape index (κ3) is 4.02. The smallest absolute Gasteiger partial charge is 0.249 e. The summed E-state index contributed by atoms with van der Waals surface area (Å²) in [6, 6.07) is -0.223. The Balaban J connectivity index is 2.11. The predicted molar refractivity (Wildman–Crippen MR) is 80.1 cm³/mol. The van der Waals surface area contributed by atoms with Crippen LogP contribution in [-0.4, -0.2) is 61.3 Å². The first-order chi connectivity index (χ1) is 10.5. The van der Waals surface area contributed by atoms with Gasteiger partial charge in [-0.25, -0.2) is 0 Å². The minimum atomic E-state index is -0.314.